The second-order valence-electron chi connectivity index (χ2n) is 5.19. The van der Waals surface area contributed by atoms with Crippen LogP contribution in [0.15, 0.2) is 30.3 Å². The van der Waals surface area contributed by atoms with Gasteiger partial charge in [0.1, 0.15) is 6.61 Å². The lowest BCUT2D eigenvalue weighted by atomic mass is 9.80. The molecule has 18 heavy (non-hydrogen) atoms. The summed E-state index contributed by atoms with van der Waals surface area (Å²) in [5.74, 6) is -0.127. The van der Waals surface area contributed by atoms with E-state index in [1.54, 1.807) is 0 Å². The quantitative estimate of drug-likeness (QED) is 0.836. The number of aliphatic hydroxyl groups is 1. The molecule has 0 amide bonds. The second-order valence-corrected chi connectivity index (χ2v) is 5.19. The van der Waals surface area contributed by atoms with E-state index in [9.17, 15) is 9.90 Å². The average molecular weight is 248 g/mol. The Kier molecular flexibility index (Phi) is 4.37. The van der Waals surface area contributed by atoms with Crippen molar-refractivity contribution in [2.24, 2.45) is 11.8 Å². The van der Waals surface area contributed by atoms with Crippen LogP contribution in [-0.4, -0.2) is 17.2 Å². The van der Waals surface area contributed by atoms with Crippen LogP contribution in [0.4, 0.5) is 0 Å². The fraction of sp³-hybridized carbons (Fsp3) is 0.533. The second kappa shape index (κ2) is 6.01. The molecule has 1 aliphatic carbocycles. The molecule has 1 N–H and O–H groups in total. The van der Waals surface area contributed by atoms with Crippen LogP contribution in [0.1, 0.15) is 31.7 Å². The molecule has 0 spiro atoms. The van der Waals surface area contributed by atoms with Crippen molar-refractivity contribution in [1.29, 1.82) is 0 Å². The number of hydrogen-bond donors (Lipinski definition) is 1. The summed E-state index contributed by atoms with van der Waals surface area (Å²) >= 11 is 0. The summed E-state index contributed by atoms with van der Waals surface area (Å²) in [5, 5.41) is 9.85. The van der Waals surface area contributed by atoms with Crippen LogP contribution in [0.2, 0.25) is 0 Å². The Labute approximate surface area is 108 Å². The van der Waals surface area contributed by atoms with Crippen LogP contribution in [0.25, 0.3) is 0 Å². The van der Waals surface area contributed by atoms with Crippen molar-refractivity contribution in [2.75, 3.05) is 0 Å². The minimum atomic E-state index is -0.538. The minimum absolute atomic E-state index is 0.266. The number of rotatable bonds is 3. The number of carbonyl (C=O) groups is 1. The number of aliphatic hydroxyl groups excluding tert-OH is 1. The van der Waals surface area contributed by atoms with Gasteiger partial charge in [0.25, 0.3) is 0 Å². The normalized spacial score (nSPS) is 27.8. The number of carbonyl (C=O) groups excluding carboxylic acids is 1. The third-order valence-electron chi connectivity index (χ3n) is 3.60. The summed E-state index contributed by atoms with van der Waals surface area (Å²) in [7, 11) is 0. The van der Waals surface area contributed by atoms with Gasteiger partial charge in [-0.1, -0.05) is 37.3 Å². The van der Waals surface area contributed by atoms with Crippen LogP contribution < -0.4 is 0 Å². The lowest BCUT2D eigenvalue weighted by Crippen LogP contribution is -2.35. The molecule has 0 radical (unpaired) electrons. The molecule has 0 aromatic heterocycles. The number of hydrogen-bond acceptors (Lipinski definition) is 3. The van der Waals surface area contributed by atoms with E-state index >= 15 is 0 Å². The Bertz CT molecular complexity index is 388. The van der Waals surface area contributed by atoms with Crippen molar-refractivity contribution >= 4 is 5.97 Å². The highest BCUT2D eigenvalue weighted by atomic mass is 16.5. The molecule has 98 valence electrons. The summed E-state index contributed by atoms with van der Waals surface area (Å²) in [6.07, 6.45) is 1.88. The van der Waals surface area contributed by atoms with Crippen molar-refractivity contribution in [1.82, 2.24) is 0 Å². The first-order valence-corrected chi connectivity index (χ1v) is 6.55. The van der Waals surface area contributed by atoms with Crippen molar-refractivity contribution < 1.29 is 14.6 Å². The molecular weight excluding hydrogens is 228 g/mol. The van der Waals surface area contributed by atoms with Gasteiger partial charge in [0, 0.05) is 0 Å². The molecule has 3 nitrogen and oxygen atoms in total. The summed E-state index contributed by atoms with van der Waals surface area (Å²) in [6.45, 7) is 2.40. The molecule has 2 rings (SSSR count). The lowest BCUT2D eigenvalue weighted by molar-refractivity contribution is -0.156. The first-order chi connectivity index (χ1) is 8.66. The Hall–Kier alpha value is -1.35. The standard InChI is InChI=1S/C15H20O3/c1-11-7-8-14(16)13(9-11)15(17)18-10-12-5-3-2-4-6-12/h2-6,11,13-14,16H,7-10H2,1H3. The zero-order valence-electron chi connectivity index (χ0n) is 10.7. The van der Waals surface area contributed by atoms with Gasteiger partial charge in [0.2, 0.25) is 0 Å². The summed E-state index contributed by atoms with van der Waals surface area (Å²) < 4.78 is 5.29. The molecule has 1 aliphatic rings. The van der Waals surface area contributed by atoms with E-state index < -0.39 is 6.10 Å². The molecule has 3 atom stereocenters. The average Bonchev–Trinajstić information content (AvgIpc) is 2.40. The predicted molar refractivity (Wildman–Crippen MR) is 68.7 cm³/mol. The van der Waals surface area contributed by atoms with Gasteiger partial charge in [0.05, 0.1) is 12.0 Å². The van der Waals surface area contributed by atoms with E-state index in [1.165, 1.54) is 0 Å². The van der Waals surface area contributed by atoms with E-state index in [2.05, 4.69) is 6.92 Å². The first kappa shape index (κ1) is 13.1. The minimum Gasteiger partial charge on any atom is -0.461 e. The fourth-order valence-electron chi connectivity index (χ4n) is 2.45. The maximum atomic E-state index is 11.9. The molecule has 0 bridgehead atoms. The van der Waals surface area contributed by atoms with E-state index in [0.29, 0.717) is 12.3 Å². The number of esters is 1. The molecule has 1 aromatic rings. The first-order valence-electron chi connectivity index (χ1n) is 6.55. The predicted octanol–water partition coefficient (Wildman–Crippen LogP) is 2.53. The van der Waals surface area contributed by atoms with Gasteiger partial charge >= 0.3 is 5.97 Å². The van der Waals surface area contributed by atoms with E-state index in [0.717, 1.165) is 18.4 Å². The number of ether oxygens (including phenoxy) is 1. The topological polar surface area (TPSA) is 46.5 Å². The van der Waals surface area contributed by atoms with Crippen molar-refractivity contribution in [3.63, 3.8) is 0 Å². The maximum Gasteiger partial charge on any atom is 0.311 e. The van der Waals surface area contributed by atoms with Crippen LogP contribution in [0, 0.1) is 11.8 Å². The van der Waals surface area contributed by atoms with Crippen LogP contribution in [0.3, 0.4) is 0 Å². The summed E-state index contributed by atoms with van der Waals surface area (Å²) in [5.41, 5.74) is 0.976. The molecule has 3 unspecified atom stereocenters. The Balaban J connectivity index is 1.87. The van der Waals surface area contributed by atoms with E-state index in [-0.39, 0.29) is 18.5 Å². The number of benzene rings is 1. The maximum absolute atomic E-state index is 11.9. The summed E-state index contributed by atoms with van der Waals surface area (Å²) in [6, 6.07) is 9.61. The van der Waals surface area contributed by atoms with Gasteiger partial charge in [-0.05, 0) is 30.7 Å². The van der Waals surface area contributed by atoms with Gasteiger partial charge < -0.3 is 9.84 Å². The molecule has 1 aromatic carbocycles. The highest BCUT2D eigenvalue weighted by Crippen LogP contribution is 2.30. The highest BCUT2D eigenvalue weighted by Gasteiger charge is 2.33. The van der Waals surface area contributed by atoms with E-state index in [1.807, 2.05) is 30.3 Å². The van der Waals surface area contributed by atoms with E-state index in [4.69, 9.17) is 4.74 Å². The lowest BCUT2D eigenvalue weighted by Gasteiger charge is -2.29. The monoisotopic (exact) mass is 248 g/mol. The molecule has 3 heteroatoms. The Morgan fingerprint density at radius 1 is 1.33 bits per heavy atom. The third-order valence-corrected chi connectivity index (χ3v) is 3.60. The van der Waals surface area contributed by atoms with Gasteiger partial charge in [-0.2, -0.15) is 0 Å². The highest BCUT2D eigenvalue weighted by molar-refractivity contribution is 5.73. The van der Waals surface area contributed by atoms with Gasteiger partial charge in [-0.25, -0.2) is 0 Å². The Morgan fingerprint density at radius 3 is 2.78 bits per heavy atom. The Morgan fingerprint density at radius 2 is 2.06 bits per heavy atom. The molecule has 0 heterocycles. The van der Waals surface area contributed by atoms with Crippen molar-refractivity contribution in [3.8, 4) is 0 Å². The smallest absolute Gasteiger partial charge is 0.311 e. The SMILES string of the molecule is CC1CCC(O)C(C(=O)OCc2ccccc2)C1. The van der Waals surface area contributed by atoms with Crippen LogP contribution in [-0.2, 0) is 16.1 Å². The molecule has 0 saturated heterocycles. The molecule has 1 saturated carbocycles. The fourth-order valence-corrected chi connectivity index (χ4v) is 2.45. The van der Waals surface area contributed by atoms with Gasteiger partial charge in [0.15, 0.2) is 0 Å². The largest absolute Gasteiger partial charge is 0.461 e. The van der Waals surface area contributed by atoms with Crippen LogP contribution >= 0.6 is 0 Å². The molecule has 0 aliphatic heterocycles. The van der Waals surface area contributed by atoms with Gasteiger partial charge in [-0.3, -0.25) is 4.79 Å². The third kappa shape index (κ3) is 3.33. The van der Waals surface area contributed by atoms with Crippen molar-refractivity contribution in [2.45, 2.75) is 38.9 Å². The van der Waals surface area contributed by atoms with Gasteiger partial charge in [-0.15, -0.1) is 0 Å². The van der Waals surface area contributed by atoms with Crippen molar-refractivity contribution in [3.05, 3.63) is 35.9 Å². The molecule has 1 fully saturated rings. The van der Waals surface area contributed by atoms with Crippen LogP contribution in [0.5, 0.6) is 0 Å². The zero-order valence-corrected chi connectivity index (χ0v) is 10.7. The summed E-state index contributed by atoms with van der Waals surface area (Å²) in [4.78, 5) is 11.9. The molecular formula is C15H20O3. The zero-order chi connectivity index (χ0) is 13.0.